The van der Waals surface area contributed by atoms with E-state index in [0.29, 0.717) is 11.6 Å². The van der Waals surface area contributed by atoms with Crippen molar-refractivity contribution in [3.8, 4) is 0 Å². The molecule has 1 aliphatic heterocycles. The standard InChI is InChI=1S/C22H20ClF3N2/c23-19-5-1-4-16(14-19)15-28-13-3-12-27-11-2-6-20(27)21(28)17-7-9-18(10-8-17)22(24,25)26/h1-2,4-11,14,21H,3,12-13,15H2/t21-/m1/s1. The second-order valence-corrected chi connectivity index (χ2v) is 7.54. The van der Waals surface area contributed by atoms with Gasteiger partial charge in [-0.15, -0.1) is 0 Å². The van der Waals surface area contributed by atoms with E-state index in [4.69, 9.17) is 11.6 Å². The summed E-state index contributed by atoms with van der Waals surface area (Å²) in [6, 6.07) is 17.2. The minimum Gasteiger partial charge on any atom is -0.350 e. The smallest absolute Gasteiger partial charge is 0.350 e. The number of benzene rings is 2. The van der Waals surface area contributed by atoms with E-state index in [2.05, 4.69) is 15.5 Å². The molecule has 0 N–H and O–H groups in total. The van der Waals surface area contributed by atoms with Gasteiger partial charge < -0.3 is 4.57 Å². The number of alkyl halides is 3. The molecule has 0 aliphatic carbocycles. The SMILES string of the molecule is FC(F)(F)c1ccc([C@@H]2c3cccn3CCCN2Cc2cccc(Cl)c2)cc1. The van der Waals surface area contributed by atoms with Crippen LogP contribution in [0, 0.1) is 0 Å². The highest BCUT2D eigenvalue weighted by Crippen LogP contribution is 2.35. The predicted octanol–water partition coefficient (Wildman–Crippen LogP) is 6.16. The Morgan fingerprint density at radius 1 is 0.964 bits per heavy atom. The lowest BCUT2D eigenvalue weighted by Crippen LogP contribution is -2.29. The zero-order valence-electron chi connectivity index (χ0n) is 15.2. The lowest BCUT2D eigenvalue weighted by atomic mass is 9.99. The van der Waals surface area contributed by atoms with Gasteiger partial charge in [0.25, 0.3) is 0 Å². The van der Waals surface area contributed by atoms with E-state index in [-0.39, 0.29) is 6.04 Å². The Kier molecular flexibility index (Phi) is 5.21. The largest absolute Gasteiger partial charge is 0.416 e. The highest BCUT2D eigenvalue weighted by molar-refractivity contribution is 6.30. The van der Waals surface area contributed by atoms with Gasteiger partial charge in [0, 0.05) is 36.5 Å². The number of nitrogens with zero attached hydrogens (tertiary/aromatic N) is 2. The molecule has 28 heavy (non-hydrogen) atoms. The normalized spacial score (nSPS) is 17.9. The van der Waals surface area contributed by atoms with Gasteiger partial charge in [0.05, 0.1) is 11.6 Å². The van der Waals surface area contributed by atoms with E-state index in [1.165, 1.54) is 12.1 Å². The minimum absolute atomic E-state index is 0.112. The fourth-order valence-electron chi connectivity index (χ4n) is 3.92. The van der Waals surface area contributed by atoms with Gasteiger partial charge >= 0.3 is 6.18 Å². The van der Waals surface area contributed by atoms with Crippen LogP contribution in [0.1, 0.15) is 34.8 Å². The van der Waals surface area contributed by atoms with Gasteiger partial charge in [-0.25, -0.2) is 0 Å². The Morgan fingerprint density at radius 3 is 2.46 bits per heavy atom. The number of fused-ring (bicyclic) bond motifs is 1. The first kappa shape index (κ1) is 19.1. The van der Waals surface area contributed by atoms with E-state index < -0.39 is 11.7 Å². The Bertz CT molecular complexity index is 947. The highest BCUT2D eigenvalue weighted by atomic mass is 35.5. The second-order valence-electron chi connectivity index (χ2n) is 7.10. The summed E-state index contributed by atoms with van der Waals surface area (Å²) in [6.07, 6.45) is -1.32. The molecule has 0 bridgehead atoms. The molecule has 6 heteroatoms. The van der Waals surface area contributed by atoms with Crippen LogP contribution in [-0.2, 0) is 19.3 Å². The molecule has 3 aromatic rings. The van der Waals surface area contributed by atoms with Crippen LogP contribution in [0.3, 0.4) is 0 Å². The molecule has 1 atom stereocenters. The van der Waals surface area contributed by atoms with Crippen LogP contribution in [0.4, 0.5) is 13.2 Å². The molecular weight excluding hydrogens is 385 g/mol. The van der Waals surface area contributed by atoms with E-state index in [9.17, 15) is 13.2 Å². The molecule has 0 amide bonds. The van der Waals surface area contributed by atoms with E-state index in [1.54, 1.807) is 12.1 Å². The molecule has 1 aromatic heterocycles. The van der Waals surface area contributed by atoms with Gasteiger partial charge in [0.2, 0.25) is 0 Å². The molecule has 0 unspecified atom stereocenters. The van der Waals surface area contributed by atoms with Gasteiger partial charge in [-0.1, -0.05) is 35.9 Å². The Labute approximate surface area is 167 Å². The first-order valence-electron chi connectivity index (χ1n) is 9.22. The maximum absolute atomic E-state index is 13.0. The summed E-state index contributed by atoms with van der Waals surface area (Å²) < 4.78 is 41.2. The minimum atomic E-state index is -4.33. The first-order chi connectivity index (χ1) is 13.4. The summed E-state index contributed by atoms with van der Waals surface area (Å²) in [7, 11) is 0. The molecule has 0 saturated heterocycles. The number of hydrogen-bond acceptors (Lipinski definition) is 1. The van der Waals surface area contributed by atoms with Gasteiger partial charge in [-0.05, 0) is 53.9 Å². The van der Waals surface area contributed by atoms with Gasteiger partial charge in [0.1, 0.15) is 0 Å². The van der Waals surface area contributed by atoms with Crippen molar-refractivity contribution in [3.63, 3.8) is 0 Å². The predicted molar refractivity (Wildman–Crippen MR) is 104 cm³/mol. The van der Waals surface area contributed by atoms with Crippen molar-refractivity contribution >= 4 is 11.6 Å². The average molecular weight is 405 g/mol. The number of aryl methyl sites for hydroxylation is 1. The Hall–Kier alpha value is -2.24. The summed E-state index contributed by atoms with van der Waals surface area (Å²) in [4.78, 5) is 2.31. The molecule has 2 aromatic carbocycles. The van der Waals surface area contributed by atoms with Crippen LogP contribution in [-0.4, -0.2) is 16.0 Å². The number of aromatic nitrogens is 1. The maximum atomic E-state index is 13.0. The van der Waals surface area contributed by atoms with Crippen molar-refractivity contribution in [3.05, 3.63) is 94.3 Å². The number of hydrogen-bond donors (Lipinski definition) is 0. The molecule has 0 saturated carbocycles. The van der Waals surface area contributed by atoms with Gasteiger partial charge in [-0.2, -0.15) is 13.2 Å². The van der Waals surface area contributed by atoms with Gasteiger partial charge in [0.15, 0.2) is 0 Å². The Balaban J connectivity index is 1.72. The van der Waals surface area contributed by atoms with Crippen LogP contribution in [0.5, 0.6) is 0 Å². The third kappa shape index (κ3) is 3.96. The summed E-state index contributed by atoms with van der Waals surface area (Å²) >= 11 is 6.14. The van der Waals surface area contributed by atoms with Crippen LogP contribution in [0.25, 0.3) is 0 Å². The third-order valence-corrected chi connectivity index (χ3v) is 5.42. The van der Waals surface area contributed by atoms with Crippen LogP contribution in [0.15, 0.2) is 66.9 Å². The van der Waals surface area contributed by atoms with Crippen molar-refractivity contribution in [2.24, 2.45) is 0 Å². The lowest BCUT2D eigenvalue weighted by molar-refractivity contribution is -0.137. The monoisotopic (exact) mass is 404 g/mol. The molecule has 146 valence electrons. The molecule has 0 radical (unpaired) electrons. The zero-order chi connectivity index (χ0) is 19.7. The molecule has 4 rings (SSSR count). The molecular formula is C22H20ClF3N2. The number of halogens is 4. The molecule has 0 fully saturated rings. The maximum Gasteiger partial charge on any atom is 0.416 e. The summed E-state index contributed by atoms with van der Waals surface area (Å²) in [5.41, 5.74) is 2.42. The molecule has 1 aliphatic rings. The summed E-state index contributed by atoms with van der Waals surface area (Å²) in [5.74, 6) is 0. The van der Waals surface area contributed by atoms with Crippen molar-refractivity contribution in [2.75, 3.05) is 6.54 Å². The Morgan fingerprint density at radius 2 is 1.75 bits per heavy atom. The highest BCUT2D eigenvalue weighted by Gasteiger charge is 2.32. The number of rotatable bonds is 3. The van der Waals surface area contributed by atoms with E-state index in [1.807, 2.05) is 36.5 Å². The van der Waals surface area contributed by atoms with Crippen LogP contribution < -0.4 is 0 Å². The molecule has 0 spiro atoms. The fourth-order valence-corrected chi connectivity index (χ4v) is 4.13. The van der Waals surface area contributed by atoms with Crippen molar-refractivity contribution in [1.82, 2.24) is 9.47 Å². The quantitative estimate of drug-likeness (QED) is 0.508. The summed E-state index contributed by atoms with van der Waals surface area (Å²) in [6.45, 7) is 2.42. The van der Waals surface area contributed by atoms with Crippen molar-refractivity contribution in [2.45, 2.75) is 31.7 Å². The first-order valence-corrected chi connectivity index (χ1v) is 9.60. The van der Waals surface area contributed by atoms with Crippen LogP contribution >= 0.6 is 11.6 Å². The van der Waals surface area contributed by atoms with E-state index >= 15 is 0 Å². The fraction of sp³-hybridized carbons (Fsp3) is 0.273. The topological polar surface area (TPSA) is 8.17 Å². The van der Waals surface area contributed by atoms with E-state index in [0.717, 1.165) is 36.3 Å². The second kappa shape index (κ2) is 7.64. The van der Waals surface area contributed by atoms with Crippen molar-refractivity contribution in [1.29, 1.82) is 0 Å². The zero-order valence-corrected chi connectivity index (χ0v) is 15.9. The molecule has 2 heterocycles. The van der Waals surface area contributed by atoms with Crippen molar-refractivity contribution < 1.29 is 13.2 Å². The summed E-state index contributed by atoms with van der Waals surface area (Å²) in [5, 5.41) is 0.682. The molecule has 2 nitrogen and oxygen atoms in total. The van der Waals surface area contributed by atoms with Gasteiger partial charge in [-0.3, -0.25) is 4.90 Å². The van der Waals surface area contributed by atoms with Crippen LogP contribution in [0.2, 0.25) is 5.02 Å². The average Bonchev–Trinajstić information content (AvgIpc) is 3.03. The third-order valence-electron chi connectivity index (χ3n) is 5.18. The lowest BCUT2D eigenvalue weighted by Gasteiger charge is -2.31.